The molecule has 7 nitrogen and oxygen atoms in total. The van der Waals surface area contributed by atoms with Gasteiger partial charge in [0.25, 0.3) is 5.91 Å². The number of rotatable bonds is 3. The van der Waals surface area contributed by atoms with Gasteiger partial charge < -0.3 is 4.90 Å². The van der Waals surface area contributed by atoms with Crippen LogP contribution < -0.4 is 4.72 Å². The SMILES string of the molecule is CS(=O)(=O)NC1CCCN(C(=O)c2cnc(Cl)cn2)C1. The van der Waals surface area contributed by atoms with Crippen molar-refractivity contribution in [3.05, 3.63) is 23.2 Å². The number of carbonyl (C=O) groups excluding carboxylic acids is 1. The number of likely N-dealkylation sites (tertiary alicyclic amines) is 1. The summed E-state index contributed by atoms with van der Waals surface area (Å²) in [5, 5.41) is 0.219. The standard InChI is InChI=1S/C11H15ClN4O3S/c1-20(18,19)15-8-3-2-4-16(7-8)11(17)9-5-14-10(12)6-13-9/h5-6,8,15H,2-4,7H2,1H3. The van der Waals surface area contributed by atoms with Gasteiger partial charge in [0, 0.05) is 19.1 Å². The van der Waals surface area contributed by atoms with Crippen LogP contribution in [0.25, 0.3) is 0 Å². The zero-order chi connectivity index (χ0) is 14.8. The van der Waals surface area contributed by atoms with Crippen molar-refractivity contribution in [1.82, 2.24) is 19.6 Å². The lowest BCUT2D eigenvalue weighted by Gasteiger charge is -2.32. The molecular formula is C11H15ClN4O3S. The summed E-state index contributed by atoms with van der Waals surface area (Å²) in [6.07, 6.45) is 5.19. The van der Waals surface area contributed by atoms with E-state index in [0.717, 1.165) is 12.7 Å². The monoisotopic (exact) mass is 318 g/mol. The fourth-order valence-electron chi connectivity index (χ4n) is 2.15. The highest BCUT2D eigenvalue weighted by Crippen LogP contribution is 2.13. The second-order valence-corrected chi connectivity index (χ2v) is 6.87. The topological polar surface area (TPSA) is 92.3 Å². The highest BCUT2D eigenvalue weighted by Gasteiger charge is 2.26. The maximum Gasteiger partial charge on any atom is 0.274 e. The summed E-state index contributed by atoms with van der Waals surface area (Å²) in [6.45, 7) is 0.904. The van der Waals surface area contributed by atoms with Crippen LogP contribution in [0.3, 0.4) is 0 Å². The number of carbonyl (C=O) groups is 1. The van der Waals surface area contributed by atoms with Gasteiger partial charge in [-0.2, -0.15) is 0 Å². The summed E-state index contributed by atoms with van der Waals surface area (Å²) in [5.74, 6) is -0.269. The molecule has 2 rings (SSSR count). The van der Waals surface area contributed by atoms with Crippen molar-refractivity contribution in [2.24, 2.45) is 0 Å². The lowest BCUT2D eigenvalue weighted by atomic mass is 10.1. The molecule has 0 bridgehead atoms. The molecule has 1 saturated heterocycles. The van der Waals surface area contributed by atoms with Gasteiger partial charge >= 0.3 is 0 Å². The van der Waals surface area contributed by atoms with Crippen LogP contribution in [0.15, 0.2) is 12.4 Å². The van der Waals surface area contributed by atoms with Crippen LogP contribution in [-0.4, -0.2) is 54.6 Å². The van der Waals surface area contributed by atoms with Gasteiger partial charge in [-0.25, -0.2) is 23.1 Å². The molecule has 1 atom stereocenters. The zero-order valence-corrected chi connectivity index (χ0v) is 12.5. The van der Waals surface area contributed by atoms with Crippen LogP contribution in [-0.2, 0) is 10.0 Å². The Kier molecular flexibility index (Phi) is 4.56. The van der Waals surface area contributed by atoms with Crippen LogP contribution in [0, 0.1) is 0 Å². The summed E-state index contributed by atoms with van der Waals surface area (Å²) >= 11 is 5.62. The molecule has 1 aliphatic heterocycles. The zero-order valence-electron chi connectivity index (χ0n) is 10.9. The summed E-state index contributed by atoms with van der Waals surface area (Å²) in [6, 6.07) is -0.261. The Hall–Kier alpha value is -1.25. The Bertz CT molecular complexity index is 590. The number of piperidine rings is 1. The van der Waals surface area contributed by atoms with Gasteiger partial charge in [0.2, 0.25) is 10.0 Å². The van der Waals surface area contributed by atoms with Gasteiger partial charge in [-0.15, -0.1) is 0 Å². The largest absolute Gasteiger partial charge is 0.336 e. The number of aromatic nitrogens is 2. The molecule has 0 aromatic carbocycles. The molecule has 1 fully saturated rings. The normalized spacial score (nSPS) is 19.9. The first-order valence-electron chi connectivity index (χ1n) is 6.09. The minimum Gasteiger partial charge on any atom is -0.336 e. The van der Waals surface area contributed by atoms with Crippen LogP contribution in [0.2, 0.25) is 5.15 Å². The number of hydrogen-bond acceptors (Lipinski definition) is 5. The van der Waals surface area contributed by atoms with E-state index >= 15 is 0 Å². The van der Waals surface area contributed by atoms with Crippen LogP contribution in [0.5, 0.6) is 0 Å². The number of hydrogen-bond donors (Lipinski definition) is 1. The van der Waals surface area contributed by atoms with Gasteiger partial charge in [-0.1, -0.05) is 11.6 Å². The number of nitrogens with zero attached hydrogens (tertiary/aromatic N) is 3. The number of nitrogens with one attached hydrogen (secondary N) is 1. The molecule has 2 heterocycles. The molecule has 1 aliphatic rings. The summed E-state index contributed by atoms with van der Waals surface area (Å²) in [5.41, 5.74) is 0.203. The van der Waals surface area contributed by atoms with E-state index in [4.69, 9.17) is 11.6 Å². The van der Waals surface area contributed by atoms with Gasteiger partial charge in [-0.05, 0) is 12.8 Å². The van der Waals surface area contributed by atoms with Crippen molar-refractivity contribution >= 4 is 27.5 Å². The van der Waals surface area contributed by atoms with Crippen LogP contribution in [0.4, 0.5) is 0 Å². The van der Waals surface area contributed by atoms with Crippen molar-refractivity contribution in [3.8, 4) is 0 Å². The number of halogens is 1. The number of amides is 1. The molecule has 9 heteroatoms. The van der Waals surface area contributed by atoms with E-state index in [1.165, 1.54) is 12.4 Å². The van der Waals surface area contributed by atoms with Crippen molar-refractivity contribution in [2.75, 3.05) is 19.3 Å². The van der Waals surface area contributed by atoms with Gasteiger partial charge in [0.05, 0.1) is 18.6 Å². The maximum atomic E-state index is 12.2. The molecule has 1 aromatic heterocycles. The Labute approximate surface area is 122 Å². The first-order valence-corrected chi connectivity index (χ1v) is 8.36. The molecule has 0 radical (unpaired) electrons. The van der Waals surface area contributed by atoms with Gasteiger partial charge in [0.1, 0.15) is 10.8 Å². The van der Waals surface area contributed by atoms with E-state index in [2.05, 4.69) is 14.7 Å². The predicted octanol–water partition coefficient (Wildman–Crippen LogP) is 0.284. The molecule has 1 aromatic rings. The first kappa shape index (κ1) is 15.1. The second kappa shape index (κ2) is 6.02. The van der Waals surface area contributed by atoms with E-state index in [0.29, 0.717) is 19.5 Å². The average molecular weight is 319 g/mol. The van der Waals surface area contributed by atoms with E-state index in [9.17, 15) is 13.2 Å². The average Bonchev–Trinajstić information content (AvgIpc) is 2.37. The molecule has 1 N–H and O–H groups in total. The smallest absolute Gasteiger partial charge is 0.274 e. The Morgan fingerprint density at radius 1 is 1.45 bits per heavy atom. The maximum absolute atomic E-state index is 12.2. The van der Waals surface area contributed by atoms with Crippen molar-refractivity contribution in [3.63, 3.8) is 0 Å². The highest BCUT2D eigenvalue weighted by atomic mass is 35.5. The molecular weight excluding hydrogens is 304 g/mol. The van der Waals surface area contributed by atoms with Gasteiger partial charge in [0.15, 0.2) is 0 Å². The number of sulfonamides is 1. The van der Waals surface area contributed by atoms with E-state index in [1.807, 2.05) is 0 Å². The Morgan fingerprint density at radius 3 is 2.80 bits per heavy atom. The minimum absolute atomic E-state index is 0.203. The fraction of sp³-hybridized carbons (Fsp3) is 0.545. The quantitative estimate of drug-likeness (QED) is 0.864. The summed E-state index contributed by atoms with van der Waals surface area (Å²) in [7, 11) is -3.28. The predicted molar refractivity (Wildman–Crippen MR) is 73.9 cm³/mol. The third-order valence-corrected chi connectivity index (χ3v) is 3.89. The molecule has 1 amide bonds. The van der Waals surface area contributed by atoms with E-state index in [-0.39, 0.29) is 22.8 Å². The van der Waals surface area contributed by atoms with Crippen molar-refractivity contribution in [2.45, 2.75) is 18.9 Å². The highest BCUT2D eigenvalue weighted by molar-refractivity contribution is 7.88. The molecule has 0 spiro atoms. The second-order valence-electron chi connectivity index (χ2n) is 4.70. The van der Waals surface area contributed by atoms with E-state index < -0.39 is 10.0 Å². The Balaban J connectivity index is 2.05. The minimum atomic E-state index is -3.28. The summed E-state index contributed by atoms with van der Waals surface area (Å²) < 4.78 is 25.0. The first-order chi connectivity index (χ1) is 9.35. The lowest BCUT2D eigenvalue weighted by Crippen LogP contribution is -2.49. The van der Waals surface area contributed by atoms with Crippen LogP contribution >= 0.6 is 11.6 Å². The fourth-order valence-corrected chi connectivity index (χ4v) is 3.04. The van der Waals surface area contributed by atoms with Crippen LogP contribution in [0.1, 0.15) is 23.3 Å². The van der Waals surface area contributed by atoms with E-state index in [1.54, 1.807) is 4.90 Å². The summed E-state index contributed by atoms with van der Waals surface area (Å²) in [4.78, 5) is 21.5. The third-order valence-electron chi connectivity index (χ3n) is 2.93. The molecule has 110 valence electrons. The molecule has 0 saturated carbocycles. The van der Waals surface area contributed by atoms with Crippen molar-refractivity contribution in [1.29, 1.82) is 0 Å². The third kappa shape index (κ3) is 4.12. The Morgan fingerprint density at radius 2 is 2.20 bits per heavy atom. The molecule has 20 heavy (non-hydrogen) atoms. The lowest BCUT2D eigenvalue weighted by molar-refractivity contribution is 0.0696. The van der Waals surface area contributed by atoms with Gasteiger partial charge in [-0.3, -0.25) is 4.79 Å². The molecule has 1 unspecified atom stereocenters. The van der Waals surface area contributed by atoms with Crippen molar-refractivity contribution < 1.29 is 13.2 Å². The molecule has 0 aliphatic carbocycles.